The topological polar surface area (TPSA) is 75.6 Å². The highest BCUT2D eigenvalue weighted by Gasteiger charge is 2.18. The molecule has 0 fully saturated rings. The second kappa shape index (κ2) is 7.23. The van der Waals surface area contributed by atoms with Crippen molar-refractivity contribution in [3.05, 3.63) is 69.7 Å². The van der Waals surface area contributed by atoms with Crippen LogP contribution in [0.5, 0.6) is 5.75 Å². The van der Waals surface area contributed by atoms with E-state index in [1.807, 2.05) is 6.07 Å². The molecule has 0 aliphatic heterocycles. The summed E-state index contributed by atoms with van der Waals surface area (Å²) in [6.07, 6.45) is 0. The third-order valence-corrected chi connectivity index (χ3v) is 4.47. The number of fused-ring (bicyclic) bond motifs is 1. The number of benzene rings is 3. The SMILES string of the molecule is COc1c(Cl)cc(C(=O)O)cc1NC(=O)c1cccc2c(Cl)cccc12. The van der Waals surface area contributed by atoms with Gasteiger partial charge in [-0.05, 0) is 29.7 Å². The van der Waals surface area contributed by atoms with Crippen LogP contribution in [-0.4, -0.2) is 24.1 Å². The predicted octanol–water partition coefficient (Wildman–Crippen LogP) is 5.11. The molecule has 0 unspecified atom stereocenters. The number of hydrogen-bond acceptors (Lipinski definition) is 3. The normalized spacial score (nSPS) is 10.6. The van der Waals surface area contributed by atoms with Crippen molar-refractivity contribution in [3.63, 3.8) is 0 Å². The summed E-state index contributed by atoms with van der Waals surface area (Å²) in [5.41, 5.74) is 0.498. The van der Waals surface area contributed by atoms with Crippen LogP contribution in [0.15, 0.2) is 48.5 Å². The summed E-state index contributed by atoms with van der Waals surface area (Å²) in [4.78, 5) is 24.0. The molecular formula is C19H13Cl2NO4. The van der Waals surface area contributed by atoms with Crippen LogP contribution in [0.25, 0.3) is 10.8 Å². The van der Waals surface area contributed by atoms with Crippen LogP contribution in [-0.2, 0) is 0 Å². The lowest BCUT2D eigenvalue weighted by Gasteiger charge is -2.14. The maximum atomic E-state index is 12.8. The summed E-state index contributed by atoms with van der Waals surface area (Å²) in [6.45, 7) is 0. The summed E-state index contributed by atoms with van der Waals surface area (Å²) in [5, 5.41) is 13.9. The van der Waals surface area contributed by atoms with Crippen molar-refractivity contribution < 1.29 is 19.4 Å². The van der Waals surface area contributed by atoms with Gasteiger partial charge in [-0.25, -0.2) is 4.79 Å². The van der Waals surface area contributed by atoms with Crippen molar-refractivity contribution in [1.82, 2.24) is 0 Å². The zero-order valence-corrected chi connectivity index (χ0v) is 15.1. The number of carbonyl (C=O) groups is 2. The highest BCUT2D eigenvalue weighted by molar-refractivity contribution is 6.36. The summed E-state index contributed by atoms with van der Waals surface area (Å²) >= 11 is 12.3. The summed E-state index contributed by atoms with van der Waals surface area (Å²) in [6, 6.07) is 13.0. The van der Waals surface area contributed by atoms with E-state index in [0.29, 0.717) is 16.0 Å². The van der Waals surface area contributed by atoms with Crippen LogP contribution < -0.4 is 10.1 Å². The maximum absolute atomic E-state index is 12.8. The Hall–Kier alpha value is -2.76. The van der Waals surface area contributed by atoms with Crippen molar-refractivity contribution in [2.75, 3.05) is 12.4 Å². The molecule has 2 N–H and O–H groups in total. The molecule has 7 heteroatoms. The molecule has 0 radical (unpaired) electrons. The maximum Gasteiger partial charge on any atom is 0.335 e. The van der Waals surface area contributed by atoms with Crippen LogP contribution in [0.4, 0.5) is 5.69 Å². The van der Waals surface area contributed by atoms with E-state index in [9.17, 15) is 14.7 Å². The lowest BCUT2D eigenvalue weighted by atomic mass is 10.0. The Morgan fingerprint density at radius 3 is 2.38 bits per heavy atom. The predicted molar refractivity (Wildman–Crippen MR) is 102 cm³/mol. The number of ether oxygens (including phenoxy) is 1. The van der Waals surface area contributed by atoms with E-state index in [1.54, 1.807) is 30.3 Å². The van der Waals surface area contributed by atoms with Gasteiger partial charge in [0, 0.05) is 16.0 Å². The number of aromatic carboxylic acids is 1. The Bertz CT molecular complexity index is 1030. The van der Waals surface area contributed by atoms with Crippen molar-refractivity contribution >= 4 is 51.5 Å². The first-order valence-corrected chi connectivity index (χ1v) is 8.27. The summed E-state index contributed by atoms with van der Waals surface area (Å²) < 4.78 is 5.19. The first-order chi connectivity index (χ1) is 12.4. The van der Waals surface area contributed by atoms with Crippen LogP contribution in [0.3, 0.4) is 0 Å². The van der Waals surface area contributed by atoms with E-state index >= 15 is 0 Å². The second-order valence-corrected chi connectivity index (χ2v) is 6.25. The largest absolute Gasteiger partial charge is 0.493 e. The van der Waals surface area contributed by atoms with Gasteiger partial charge < -0.3 is 15.2 Å². The van der Waals surface area contributed by atoms with Crippen LogP contribution in [0.2, 0.25) is 10.0 Å². The molecular weight excluding hydrogens is 377 g/mol. The minimum absolute atomic E-state index is 0.0629. The highest BCUT2D eigenvalue weighted by atomic mass is 35.5. The third kappa shape index (κ3) is 3.31. The zero-order valence-electron chi connectivity index (χ0n) is 13.5. The first kappa shape index (κ1) is 18.0. The fraction of sp³-hybridized carbons (Fsp3) is 0.0526. The third-order valence-electron chi connectivity index (χ3n) is 3.86. The Morgan fingerprint density at radius 2 is 1.69 bits per heavy atom. The van der Waals surface area contributed by atoms with E-state index in [4.69, 9.17) is 27.9 Å². The standard InChI is InChI=1S/C19H13Cl2NO4/c1-26-17-15(21)8-10(19(24)25)9-16(17)22-18(23)13-6-2-5-12-11(13)4-3-7-14(12)20/h2-9H,1H3,(H,22,23)(H,24,25). The minimum Gasteiger partial charge on any atom is -0.493 e. The molecule has 0 saturated carbocycles. The number of amides is 1. The number of carboxylic acids is 1. The summed E-state index contributed by atoms with van der Waals surface area (Å²) in [5.74, 6) is -1.42. The van der Waals surface area contributed by atoms with E-state index in [2.05, 4.69) is 5.32 Å². The van der Waals surface area contributed by atoms with Gasteiger partial charge in [0.25, 0.3) is 5.91 Å². The Kier molecular flexibility index (Phi) is 5.02. The molecule has 0 spiro atoms. The van der Waals surface area contributed by atoms with E-state index in [0.717, 1.165) is 5.39 Å². The van der Waals surface area contributed by atoms with Gasteiger partial charge in [0.15, 0.2) is 5.75 Å². The fourth-order valence-electron chi connectivity index (χ4n) is 2.68. The van der Waals surface area contributed by atoms with E-state index in [1.165, 1.54) is 19.2 Å². The molecule has 3 aromatic rings. The van der Waals surface area contributed by atoms with E-state index in [-0.39, 0.29) is 22.0 Å². The van der Waals surface area contributed by atoms with Gasteiger partial charge in [0.1, 0.15) is 0 Å². The number of methoxy groups -OCH3 is 1. The van der Waals surface area contributed by atoms with Crippen molar-refractivity contribution in [2.45, 2.75) is 0 Å². The fourth-order valence-corrected chi connectivity index (χ4v) is 3.21. The van der Waals surface area contributed by atoms with Gasteiger partial charge in [0.05, 0.1) is 23.4 Å². The van der Waals surface area contributed by atoms with Gasteiger partial charge in [-0.3, -0.25) is 4.79 Å². The molecule has 0 bridgehead atoms. The van der Waals surface area contributed by atoms with Crippen LogP contribution in [0.1, 0.15) is 20.7 Å². The average Bonchev–Trinajstić information content (AvgIpc) is 2.61. The molecule has 0 heterocycles. The Morgan fingerprint density at radius 1 is 1.00 bits per heavy atom. The number of anilines is 1. The second-order valence-electron chi connectivity index (χ2n) is 5.44. The minimum atomic E-state index is -1.16. The van der Waals surface area contributed by atoms with Gasteiger partial charge in [0.2, 0.25) is 0 Å². The number of rotatable bonds is 4. The molecule has 0 aliphatic carbocycles. The summed E-state index contributed by atoms with van der Waals surface area (Å²) in [7, 11) is 1.38. The lowest BCUT2D eigenvalue weighted by molar-refractivity contribution is 0.0696. The average molecular weight is 390 g/mol. The molecule has 3 rings (SSSR count). The number of halogens is 2. The molecule has 1 amide bonds. The Balaban J connectivity index is 2.06. The molecule has 3 aromatic carbocycles. The quantitative estimate of drug-likeness (QED) is 0.650. The molecule has 132 valence electrons. The van der Waals surface area contributed by atoms with Crippen molar-refractivity contribution in [3.8, 4) is 5.75 Å². The Labute approximate surface area is 159 Å². The van der Waals surface area contributed by atoms with E-state index < -0.39 is 11.9 Å². The van der Waals surface area contributed by atoms with Crippen molar-refractivity contribution in [1.29, 1.82) is 0 Å². The first-order valence-electron chi connectivity index (χ1n) is 7.51. The smallest absolute Gasteiger partial charge is 0.335 e. The molecule has 0 aromatic heterocycles. The van der Waals surface area contributed by atoms with Gasteiger partial charge in [-0.1, -0.05) is 47.5 Å². The molecule has 0 saturated heterocycles. The molecule has 0 atom stereocenters. The number of carboxylic acid groups (broad SMARTS) is 1. The zero-order chi connectivity index (χ0) is 18.8. The molecule has 5 nitrogen and oxygen atoms in total. The monoisotopic (exact) mass is 389 g/mol. The van der Waals surface area contributed by atoms with Crippen molar-refractivity contribution in [2.24, 2.45) is 0 Å². The number of nitrogens with one attached hydrogen (secondary N) is 1. The molecule has 0 aliphatic rings. The highest BCUT2D eigenvalue weighted by Crippen LogP contribution is 2.35. The van der Waals surface area contributed by atoms with Crippen LogP contribution >= 0.6 is 23.2 Å². The van der Waals surface area contributed by atoms with Gasteiger partial charge >= 0.3 is 5.97 Å². The lowest BCUT2D eigenvalue weighted by Crippen LogP contribution is -2.14. The molecule has 26 heavy (non-hydrogen) atoms. The van der Waals surface area contributed by atoms with Crippen LogP contribution in [0, 0.1) is 0 Å². The van der Waals surface area contributed by atoms with Gasteiger partial charge in [-0.2, -0.15) is 0 Å². The number of hydrogen-bond donors (Lipinski definition) is 2. The number of carbonyl (C=O) groups excluding carboxylic acids is 1. The van der Waals surface area contributed by atoms with Gasteiger partial charge in [-0.15, -0.1) is 0 Å².